The first-order chi connectivity index (χ1) is 20.0. The molecule has 12 heteroatoms. The van der Waals surface area contributed by atoms with Crippen LogP contribution in [0.2, 0.25) is 5.02 Å². The number of methoxy groups -OCH3 is 1. The Hall–Kier alpha value is -2.82. The zero-order chi connectivity index (χ0) is 30.4. The van der Waals surface area contributed by atoms with Crippen LogP contribution in [0.3, 0.4) is 0 Å². The van der Waals surface area contributed by atoms with Crippen molar-refractivity contribution in [1.29, 1.82) is 0 Å². The van der Waals surface area contributed by atoms with E-state index < -0.39 is 17.0 Å². The molecule has 0 aliphatic heterocycles. The smallest absolute Gasteiger partial charge is 0.123 e. The third-order valence-electron chi connectivity index (χ3n) is 6.66. The fourth-order valence-corrected chi connectivity index (χ4v) is 5.64. The molecule has 0 bridgehead atoms. The number of imidazole rings is 1. The zero-order valence-electron chi connectivity index (χ0n) is 23.1. The van der Waals surface area contributed by atoms with Crippen molar-refractivity contribution < 1.29 is 37.7 Å². The van der Waals surface area contributed by atoms with E-state index in [4.69, 9.17) is 26.8 Å². The zero-order valence-corrected chi connectivity index (χ0v) is 25.7. The molecule has 4 aromatic rings. The van der Waals surface area contributed by atoms with Gasteiger partial charge in [0.15, 0.2) is 5.16 Å². The molecule has 0 spiro atoms. The predicted octanol–water partition coefficient (Wildman–Crippen LogP) is 6.52. The summed E-state index contributed by atoms with van der Waals surface area (Å²) in [5.74, 6) is -1.26. The molecule has 6 nitrogen and oxygen atoms in total. The van der Waals surface area contributed by atoms with Gasteiger partial charge in [-0.15, -0.1) is 0 Å². The number of benzene rings is 3. The first-order valence-corrected chi connectivity index (χ1v) is 14.8. The summed E-state index contributed by atoms with van der Waals surface area (Å²) >= 11 is 11.9. The molecule has 0 amide bonds. The SMILES string of the molecule is COc1cc(C(C)(C)c2cnc(SCc3c(F)cc(OCCCN[C](N)=[Ni])cc3F)n2-c2ccc(F)cc2)ccc1Cl. The molecule has 4 rings (SSSR count). The van der Waals surface area contributed by atoms with Crippen LogP contribution in [-0.4, -0.2) is 34.6 Å². The van der Waals surface area contributed by atoms with Crippen LogP contribution < -0.4 is 20.5 Å². The number of aromatic nitrogens is 2. The van der Waals surface area contributed by atoms with Crippen molar-refractivity contribution in [3.63, 3.8) is 0 Å². The number of nitrogens with zero attached hydrogens (tertiary/aromatic N) is 2. The maximum Gasteiger partial charge on any atom is 0.123 e. The Labute approximate surface area is 259 Å². The summed E-state index contributed by atoms with van der Waals surface area (Å²) < 4.78 is 56.8. The molecule has 0 fully saturated rings. The van der Waals surface area contributed by atoms with E-state index in [2.05, 4.69) is 25.3 Å². The van der Waals surface area contributed by atoms with Crippen molar-refractivity contribution in [1.82, 2.24) is 14.9 Å². The number of rotatable bonds is 13. The summed E-state index contributed by atoms with van der Waals surface area (Å²) in [5, 5.41) is 3.77. The molecule has 1 aromatic heterocycles. The van der Waals surface area contributed by atoms with Crippen molar-refractivity contribution >= 4 is 28.1 Å². The average Bonchev–Trinajstić information content (AvgIpc) is 3.37. The summed E-state index contributed by atoms with van der Waals surface area (Å²) in [7, 11) is 1.55. The average molecular weight is 662 g/mol. The van der Waals surface area contributed by atoms with Gasteiger partial charge in [-0.25, -0.2) is 9.37 Å². The van der Waals surface area contributed by atoms with E-state index in [9.17, 15) is 4.39 Å². The van der Waals surface area contributed by atoms with Crippen LogP contribution in [0, 0.1) is 17.5 Å². The van der Waals surface area contributed by atoms with Crippen molar-refractivity contribution in [2.24, 2.45) is 5.73 Å². The van der Waals surface area contributed by atoms with Crippen LogP contribution in [0.25, 0.3) is 5.69 Å². The molecule has 0 saturated heterocycles. The third-order valence-corrected chi connectivity index (χ3v) is 8.13. The first kappa shape index (κ1) is 32.1. The first-order valence-electron chi connectivity index (χ1n) is 12.9. The summed E-state index contributed by atoms with van der Waals surface area (Å²) in [6.45, 7) is 4.76. The van der Waals surface area contributed by atoms with Gasteiger partial charge in [-0.05, 0) is 42.0 Å². The standard InChI is InChI=1S/C30H30ClF3N4O2S.Ni/c1-30(2,19-5-10-24(31)27(13-19)39-3)28-16-37-29(38(28)21-8-6-20(32)7-9-21)41-17-23-25(33)14-22(15-26(23)34)40-12-4-11-36-18-35;/h5-10,13-16,36H,4,11-12,17,35H2,1-3H3;. The molecule has 0 radical (unpaired) electrons. The van der Waals surface area contributed by atoms with E-state index in [1.807, 2.05) is 30.5 Å². The molecular formula is C30H30ClF3N4NiO2S. The van der Waals surface area contributed by atoms with Gasteiger partial charge < -0.3 is 4.74 Å². The minimum atomic E-state index is -0.728. The van der Waals surface area contributed by atoms with Crippen LogP contribution in [0.15, 0.2) is 66.0 Å². The number of hydrogen-bond donors (Lipinski definition) is 2. The molecule has 226 valence electrons. The van der Waals surface area contributed by atoms with Gasteiger partial charge in [-0.1, -0.05) is 31.5 Å². The summed E-state index contributed by atoms with van der Waals surface area (Å²) in [6, 6.07) is 13.8. The van der Waals surface area contributed by atoms with Crippen molar-refractivity contribution in [3.05, 3.63) is 100 Å². The summed E-state index contributed by atoms with van der Waals surface area (Å²) in [4.78, 5) is 4.61. The normalized spacial score (nSPS) is 11.6. The maximum atomic E-state index is 15.0. The number of nitrogens with one attached hydrogen (secondary N) is 1. The number of thioether (sulfide) groups is 1. The molecule has 3 aromatic carbocycles. The summed E-state index contributed by atoms with van der Waals surface area (Å²) in [5.41, 5.74) is 6.99. The van der Waals surface area contributed by atoms with Crippen LogP contribution >= 0.6 is 23.4 Å². The summed E-state index contributed by atoms with van der Waals surface area (Å²) in [6.07, 6.45) is 2.27. The Morgan fingerprint density at radius 1 is 1.10 bits per heavy atom. The van der Waals surface area contributed by atoms with Gasteiger partial charge in [-0.2, -0.15) is 0 Å². The Morgan fingerprint density at radius 3 is 2.43 bits per heavy atom. The van der Waals surface area contributed by atoms with Gasteiger partial charge >= 0.3 is 117 Å². The van der Waals surface area contributed by atoms with E-state index in [1.54, 1.807) is 31.5 Å². The Bertz CT molecular complexity index is 1540. The molecule has 0 aliphatic rings. The van der Waals surface area contributed by atoms with Gasteiger partial charge in [0.05, 0.1) is 24.0 Å². The van der Waals surface area contributed by atoms with Crippen LogP contribution in [0.1, 0.15) is 37.1 Å². The predicted molar refractivity (Wildman–Crippen MR) is 157 cm³/mol. The van der Waals surface area contributed by atoms with Gasteiger partial charge in [0.25, 0.3) is 0 Å². The molecule has 0 aliphatic carbocycles. The number of nitrogens with two attached hydrogens (primary N) is 1. The molecular weight excluding hydrogens is 632 g/mol. The minimum Gasteiger partial charge on any atom is -0.291 e. The fourth-order valence-electron chi connectivity index (χ4n) is 4.31. The molecule has 0 atom stereocenters. The van der Waals surface area contributed by atoms with E-state index in [-0.39, 0.29) is 34.2 Å². The number of hydrogen-bond acceptors (Lipinski definition) is 6. The Morgan fingerprint density at radius 2 is 1.79 bits per heavy atom. The van der Waals surface area contributed by atoms with E-state index >= 15 is 8.78 Å². The quantitative estimate of drug-likeness (QED) is 0.0966. The second kappa shape index (κ2) is 14.1. The second-order valence-corrected chi connectivity index (χ2v) is 11.7. The Balaban J connectivity index is 1.61. The minimum absolute atomic E-state index is 0.0379. The van der Waals surface area contributed by atoms with Gasteiger partial charge in [0.2, 0.25) is 0 Å². The molecule has 42 heavy (non-hydrogen) atoms. The van der Waals surface area contributed by atoms with Gasteiger partial charge in [0, 0.05) is 11.1 Å². The maximum absolute atomic E-state index is 15.0. The van der Waals surface area contributed by atoms with Crippen LogP contribution in [-0.2, 0) is 26.2 Å². The van der Waals surface area contributed by atoms with Gasteiger partial charge in [0.1, 0.15) is 11.6 Å². The van der Waals surface area contributed by atoms with Crippen LogP contribution in [0.5, 0.6) is 11.5 Å². The third kappa shape index (κ3) is 7.57. The van der Waals surface area contributed by atoms with E-state index in [1.165, 1.54) is 12.1 Å². The molecule has 0 unspecified atom stereocenters. The van der Waals surface area contributed by atoms with Crippen molar-refractivity contribution in [2.75, 3.05) is 20.3 Å². The Kier molecular flexibility index (Phi) is 10.8. The van der Waals surface area contributed by atoms with Crippen LogP contribution in [0.4, 0.5) is 13.2 Å². The van der Waals surface area contributed by atoms with Crippen molar-refractivity contribution in [2.45, 2.75) is 36.6 Å². The second-order valence-electron chi connectivity index (χ2n) is 9.81. The molecule has 3 N–H and O–H groups in total. The van der Waals surface area contributed by atoms with E-state index in [0.717, 1.165) is 35.2 Å². The molecule has 1 heterocycles. The van der Waals surface area contributed by atoms with Gasteiger partial charge in [-0.3, -0.25) is 4.57 Å². The number of ether oxygens (including phenoxy) is 2. The fraction of sp³-hybridized carbons (Fsp3) is 0.267. The topological polar surface area (TPSA) is 74.3 Å². The van der Waals surface area contributed by atoms with E-state index in [0.29, 0.717) is 34.6 Å². The van der Waals surface area contributed by atoms with Crippen molar-refractivity contribution in [3.8, 4) is 17.2 Å². The molecule has 0 saturated carbocycles. The largest absolute Gasteiger partial charge is 0.291 e. The monoisotopic (exact) mass is 660 g/mol. The number of halogens is 4.